The van der Waals surface area contributed by atoms with Crippen LogP contribution in [-0.4, -0.2) is 44.5 Å². The lowest BCUT2D eigenvalue weighted by atomic mass is 10.2. The molecule has 3 rings (SSSR count). The fraction of sp³-hybridized carbons (Fsp3) is 0.125. The Morgan fingerprint density at radius 3 is 2.44 bits per heavy atom. The fourth-order valence-electron chi connectivity index (χ4n) is 2.09. The van der Waals surface area contributed by atoms with Gasteiger partial charge in [-0.3, -0.25) is 25.2 Å². The van der Waals surface area contributed by atoms with Crippen LogP contribution in [0, 0.1) is 6.92 Å². The van der Waals surface area contributed by atoms with Crippen molar-refractivity contribution in [2.45, 2.75) is 6.92 Å². The van der Waals surface area contributed by atoms with Gasteiger partial charge in [0.2, 0.25) is 0 Å². The second-order valence-electron chi connectivity index (χ2n) is 5.40. The van der Waals surface area contributed by atoms with Gasteiger partial charge in [-0.15, -0.1) is 16.4 Å². The first-order chi connectivity index (χ1) is 13.0. The predicted octanol–water partition coefficient (Wildman–Crippen LogP) is 0.223. The number of amides is 3. The number of carbonyl (C=O) groups excluding carboxylic acids is 3. The van der Waals surface area contributed by atoms with E-state index >= 15 is 0 Å². The number of hydrogen-bond acceptors (Lipinski definition) is 7. The van der Waals surface area contributed by atoms with Crippen molar-refractivity contribution in [3.05, 3.63) is 58.0 Å². The standard InChI is InChI=1S/C16H15N7O3S/c1-10-2-7-13(27-10)16(26)17-8-14(24)19-20-15(25)11-3-5-12(6-4-11)23-9-18-21-22-23/h2-7,9H,8H2,1H3,(H,17,26)(H,19,24)(H,20,25). The predicted molar refractivity (Wildman–Crippen MR) is 96.2 cm³/mol. The number of rotatable bonds is 5. The van der Waals surface area contributed by atoms with E-state index in [2.05, 4.69) is 31.7 Å². The summed E-state index contributed by atoms with van der Waals surface area (Å²) in [6, 6.07) is 9.98. The van der Waals surface area contributed by atoms with Gasteiger partial charge in [-0.05, 0) is 53.7 Å². The Labute approximate surface area is 157 Å². The molecule has 0 fully saturated rings. The molecule has 10 nitrogen and oxygen atoms in total. The van der Waals surface area contributed by atoms with Gasteiger partial charge in [0.15, 0.2) is 0 Å². The molecule has 0 unspecified atom stereocenters. The average Bonchev–Trinajstić information content (AvgIpc) is 3.36. The van der Waals surface area contributed by atoms with E-state index in [1.54, 1.807) is 30.3 Å². The van der Waals surface area contributed by atoms with Gasteiger partial charge in [-0.2, -0.15) is 0 Å². The number of aryl methyl sites for hydroxylation is 1. The molecule has 11 heteroatoms. The van der Waals surface area contributed by atoms with Crippen LogP contribution in [0.1, 0.15) is 24.9 Å². The molecule has 1 aromatic carbocycles. The summed E-state index contributed by atoms with van der Waals surface area (Å²) >= 11 is 1.34. The average molecular weight is 385 g/mol. The second kappa shape index (κ2) is 8.19. The van der Waals surface area contributed by atoms with Crippen molar-refractivity contribution in [3.8, 4) is 5.69 Å². The van der Waals surface area contributed by atoms with E-state index in [1.165, 1.54) is 22.3 Å². The lowest BCUT2D eigenvalue weighted by Gasteiger charge is -2.08. The van der Waals surface area contributed by atoms with Gasteiger partial charge in [0.05, 0.1) is 17.1 Å². The van der Waals surface area contributed by atoms with Gasteiger partial charge in [-0.25, -0.2) is 4.68 Å². The summed E-state index contributed by atoms with van der Waals surface area (Å²) < 4.78 is 1.45. The Kier molecular flexibility index (Phi) is 5.52. The topological polar surface area (TPSA) is 131 Å². The Hall–Kier alpha value is -3.60. The Morgan fingerprint density at radius 2 is 1.81 bits per heavy atom. The molecule has 0 aliphatic heterocycles. The number of thiophene rings is 1. The van der Waals surface area contributed by atoms with Gasteiger partial charge in [0.25, 0.3) is 17.7 Å². The first kappa shape index (κ1) is 18.2. The highest BCUT2D eigenvalue weighted by Crippen LogP contribution is 2.14. The molecule has 138 valence electrons. The van der Waals surface area contributed by atoms with Crippen LogP contribution in [0.4, 0.5) is 0 Å². The summed E-state index contributed by atoms with van der Waals surface area (Å²) in [5, 5.41) is 13.3. The van der Waals surface area contributed by atoms with Crippen molar-refractivity contribution in [1.82, 2.24) is 36.4 Å². The van der Waals surface area contributed by atoms with Gasteiger partial charge in [-0.1, -0.05) is 0 Å². The van der Waals surface area contributed by atoms with Gasteiger partial charge in [0.1, 0.15) is 6.33 Å². The van der Waals surface area contributed by atoms with Crippen LogP contribution < -0.4 is 16.2 Å². The highest BCUT2D eigenvalue weighted by molar-refractivity contribution is 7.13. The molecule has 0 bridgehead atoms. The highest BCUT2D eigenvalue weighted by atomic mass is 32.1. The quantitative estimate of drug-likeness (QED) is 0.539. The molecule has 0 spiro atoms. The van der Waals surface area contributed by atoms with Crippen LogP contribution in [0.25, 0.3) is 5.69 Å². The van der Waals surface area contributed by atoms with Crippen molar-refractivity contribution in [1.29, 1.82) is 0 Å². The minimum Gasteiger partial charge on any atom is -0.342 e. The summed E-state index contributed by atoms with van der Waals surface area (Å²) in [6.07, 6.45) is 1.43. The van der Waals surface area contributed by atoms with Crippen molar-refractivity contribution in [3.63, 3.8) is 0 Å². The Bertz CT molecular complexity index is 951. The zero-order valence-corrected chi connectivity index (χ0v) is 15.0. The van der Waals surface area contributed by atoms with Crippen molar-refractivity contribution in [2.24, 2.45) is 0 Å². The maximum atomic E-state index is 12.1. The van der Waals surface area contributed by atoms with E-state index < -0.39 is 11.8 Å². The molecule has 2 aromatic heterocycles. The number of tetrazole rings is 1. The number of benzene rings is 1. The van der Waals surface area contributed by atoms with Gasteiger partial charge in [0, 0.05) is 10.4 Å². The molecule has 0 saturated heterocycles. The van der Waals surface area contributed by atoms with Crippen LogP contribution >= 0.6 is 11.3 Å². The number of hydrazine groups is 1. The summed E-state index contributed by atoms with van der Waals surface area (Å²) in [6.45, 7) is 1.63. The van der Waals surface area contributed by atoms with E-state index in [9.17, 15) is 14.4 Å². The normalized spacial score (nSPS) is 10.3. The van der Waals surface area contributed by atoms with E-state index in [1.807, 2.05) is 13.0 Å². The number of aromatic nitrogens is 4. The third-order valence-corrected chi connectivity index (χ3v) is 4.43. The maximum absolute atomic E-state index is 12.1. The molecule has 27 heavy (non-hydrogen) atoms. The second-order valence-corrected chi connectivity index (χ2v) is 6.68. The number of nitrogens with zero attached hydrogens (tertiary/aromatic N) is 4. The molecule has 0 radical (unpaired) electrons. The molecule has 3 amide bonds. The van der Waals surface area contributed by atoms with Crippen LogP contribution in [-0.2, 0) is 4.79 Å². The van der Waals surface area contributed by atoms with Crippen LogP contribution in [0.2, 0.25) is 0 Å². The third kappa shape index (κ3) is 4.73. The van der Waals surface area contributed by atoms with Crippen molar-refractivity contribution >= 4 is 29.1 Å². The molecule has 0 saturated carbocycles. The van der Waals surface area contributed by atoms with Crippen LogP contribution in [0.5, 0.6) is 0 Å². The van der Waals surface area contributed by atoms with Gasteiger partial charge >= 0.3 is 0 Å². The molecule has 0 atom stereocenters. The highest BCUT2D eigenvalue weighted by Gasteiger charge is 2.11. The van der Waals surface area contributed by atoms with E-state index in [0.29, 0.717) is 16.1 Å². The minimum atomic E-state index is -0.546. The maximum Gasteiger partial charge on any atom is 0.269 e. The molecule has 0 aliphatic rings. The van der Waals surface area contributed by atoms with Crippen LogP contribution in [0.3, 0.4) is 0 Å². The molecule has 2 heterocycles. The van der Waals surface area contributed by atoms with Gasteiger partial charge < -0.3 is 5.32 Å². The molecular formula is C16H15N7O3S. The molecular weight excluding hydrogens is 370 g/mol. The summed E-state index contributed by atoms with van der Waals surface area (Å²) in [4.78, 5) is 37.2. The third-order valence-electron chi connectivity index (χ3n) is 3.43. The van der Waals surface area contributed by atoms with Crippen molar-refractivity contribution in [2.75, 3.05) is 6.54 Å². The van der Waals surface area contributed by atoms with E-state index in [-0.39, 0.29) is 12.5 Å². The molecule has 3 aromatic rings. The molecule has 3 N–H and O–H groups in total. The lowest BCUT2D eigenvalue weighted by molar-refractivity contribution is -0.120. The Morgan fingerprint density at radius 1 is 1.04 bits per heavy atom. The summed E-state index contributed by atoms with van der Waals surface area (Å²) in [7, 11) is 0. The zero-order valence-electron chi connectivity index (χ0n) is 14.2. The number of carbonyl (C=O) groups is 3. The lowest BCUT2D eigenvalue weighted by Crippen LogP contribution is -2.46. The van der Waals surface area contributed by atoms with Crippen molar-refractivity contribution < 1.29 is 14.4 Å². The summed E-state index contributed by atoms with van der Waals surface area (Å²) in [5.41, 5.74) is 5.56. The largest absolute Gasteiger partial charge is 0.342 e. The monoisotopic (exact) mass is 385 g/mol. The first-order valence-electron chi connectivity index (χ1n) is 7.80. The number of nitrogens with one attached hydrogen (secondary N) is 3. The SMILES string of the molecule is Cc1ccc(C(=O)NCC(=O)NNC(=O)c2ccc(-n3cnnn3)cc2)s1. The summed E-state index contributed by atoms with van der Waals surface area (Å²) in [5.74, 6) is -1.38. The number of hydrogen-bond donors (Lipinski definition) is 3. The fourth-order valence-corrected chi connectivity index (χ4v) is 2.88. The molecule has 0 aliphatic carbocycles. The first-order valence-corrected chi connectivity index (χ1v) is 8.62. The van der Waals surface area contributed by atoms with E-state index in [4.69, 9.17) is 0 Å². The smallest absolute Gasteiger partial charge is 0.269 e. The zero-order chi connectivity index (χ0) is 19.2. The van der Waals surface area contributed by atoms with E-state index in [0.717, 1.165) is 4.88 Å². The Balaban J connectivity index is 1.45. The minimum absolute atomic E-state index is 0.256. The van der Waals surface area contributed by atoms with Crippen LogP contribution in [0.15, 0.2) is 42.7 Å².